The fourth-order valence-electron chi connectivity index (χ4n) is 3.79. The Kier molecular flexibility index (Phi) is 6.14. The van der Waals surface area contributed by atoms with E-state index < -0.39 is 5.91 Å². The molecule has 0 bridgehead atoms. The maximum Gasteiger partial charge on any atom is 0.252 e. The fourth-order valence-corrected chi connectivity index (χ4v) is 4.14. The van der Waals surface area contributed by atoms with E-state index in [0.29, 0.717) is 34.6 Å². The summed E-state index contributed by atoms with van der Waals surface area (Å²) < 4.78 is 11.5. The molecule has 2 aliphatic rings. The van der Waals surface area contributed by atoms with Crippen LogP contribution in [0.1, 0.15) is 41.3 Å². The molecule has 1 aliphatic carbocycles. The molecule has 0 unspecified atom stereocenters. The topological polar surface area (TPSA) is 89.2 Å². The van der Waals surface area contributed by atoms with Crippen LogP contribution in [0.2, 0.25) is 0 Å². The minimum atomic E-state index is -0.595. The van der Waals surface area contributed by atoms with Crippen LogP contribution >= 0.6 is 12.2 Å². The molecular formula is C24H26N4O3S. The third kappa shape index (κ3) is 4.31. The first-order valence-corrected chi connectivity index (χ1v) is 10.9. The quantitative estimate of drug-likeness (QED) is 0.377. The maximum atomic E-state index is 11.9. The van der Waals surface area contributed by atoms with E-state index in [1.165, 1.54) is 25.5 Å². The number of carbonyl (C=O) groups is 1. The number of allylic oxidation sites excluding steroid dienone is 1. The van der Waals surface area contributed by atoms with Crippen molar-refractivity contribution in [2.45, 2.75) is 32.2 Å². The smallest absolute Gasteiger partial charge is 0.252 e. The molecule has 0 atom stereocenters. The van der Waals surface area contributed by atoms with Gasteiger partial charge in [0.15, 0.2) is 5.11 Å². The van der Waals surface area contributed by atoms with Gasteiger partial charge in [-0.2, -0.15) is 0 Å². The molecule has 166 valence electrons. The largest absolute Gasteiger partial charge is 0.496 e. The number of carbonyl (C=O) groups excluding carboxylic acids is 1. The average Bonchev–Trinajstić information content (AvgIpc) is 3.51. The van der Waals surface area contributed by atoms with Gasteiger partial charge >= 0.3 is 0 Å². The monoisotopic (exact) mass is 450 g/mol. The molecule has 2 aromatic rings. The first kappa shape index (κ1) is 21.8. The molecule has 0 aromatic heterocycles. The van der Waals surface area contributed by atoms with E-state index in [-0.39, 0.29) is 5.56 Å². The highest BCUT2D eigenvalue weighted by molar-refractivity contribution is 7.80. The Labute approximate surface area is 192 Å². The van der Waals surface area contributed by atoms with Crippen molar-refractivity contribution in [1.82, 2.24) is 5.32 Å². The van der Waals surface area contributed by atoms with Crippen LogP contribution in [0.4, 0.5) is 11.4 Å². The lowest BCUT2D eigenvalue weighted by Crippen LogP contribution is -2.39. The van der Waals surface area contributed by atoms with E-state index in [9.17, 15) is 4.79 Å². The van der Waals surface area contributed by atoms with Gasteiger partial charge in [0.1, 0.15) is 17.3 Å². The van der Waals surface area contributed by atoms with Gasteiger partial charge in [-0.1, -0.05) is 0 Å². The Hall–Kier alpha value is -3.39. The van der Waals surface area contributed by atoms with Gasteiger partial charge < -0.3 is 25.4 Å². The summed E-state index contributed by atoms with van der Waals surface area (Å²) in [6.45, 7) is 6.33. The zero-order valence-corrected chi connectivity index (χ0v) is 19.0. The molecule has 1 fully saturated rings. The molecule has 7 nitrogen and oxygen atoms in total. The number of amides is 1. The molecule has 2 aromatic carbocycles. The van der Waals surface area contributed by atoms with Gasteiger partial charge in [0.25, 0.3) is 5.91 Å². The van der Waals surface area contributed by atoms with E-state index in [2.05, 4.69) is 21.9 Å². The molecule has 1 saturated carbocycles. The van der Waals surface area contributed by atoms with Crippen LogP contribution in [0.3, 0.4) is 0 Å². The van der Waals surface area contributed by atoms with Crippen LogP contribution in [0, 0.1) is 0 Å². The van der Waals surface area contributed by atoms with Crippen molar-refractivity contribution in [2.75, 3.05) is 18.6 Å². The van der Waals surface area contributed by atoms with Crippen LogP contribution in [-0.4, -0.2) is 37.4 Å². The maximum absolute atomic E-state index is 11.9. The van der Waals surface area contributed by atoms with E-state index in [0.717, 1.165) is 23.8 Å². The van der Waals surface area contributed by atoms with Gasteiger partial charge in [-0.25, -0.2) is 0 Å². The molecule has 4 rings (SSSR count). The first-order chi connectivity index (χ1) is 15.4. The van der Waals surface area contributed by atoms with Crippen molar-refractivity contribution >= 4 is 47.1 Å². The Morgan fingerprint density at radius 2 is 2.09 bits per heavy atom. The summed E-state index contributed by atoms with van der Waals surface area (Å²) >= 11 is 5.58. The lowest BCUT2D eigenvalue weighted by atomic mass is 10.0. The minimum absolute atomic E-state index is 0.249. The lowest BCUT2D eigenvalue weighted by molar-refractivity contribution is 0.0997. The van der Waals surface area contributed by atoms with Crippen molar-refractivity contribution in [1.29, 1.82) is 0 Å². The standard InChI is InChI=1S/C24H26N4O3S/c1-4-21(17-12-18(23(25)29)22(30-3)13-19(17)26-2)31-16-7-8-20-14(11-16)9-10-28(20)24(32)27-15-5-6-15/h4,7-8,11-13,15H,2,5-6,9-10H2,1,3H3,(H2,25,29)(H,27,32)/b21-4+. The number of benzene rings is 2. The molecule has 3 N–H and O–H groups in total. The van der Waals surface area contributed by atoms with Crippen molar-refractivity contribution in [3.05, 3.63) is 53.1 Å². The van der Waals surface area contributed by atoms with E-state index >= 15 is 0 Å². The number of nitrogens with one attached hydrogen (secondary N) is 1. The number of ether oxygens (including phenoxy) is 2. The number of nitrogens with two attached hydrogens (primary N) is 1. The lowest BCUT2D eigenvalue weighted by Gasteiger charge is -2.21. The molecule has 32 heavy (non-hydrogen) atoms. The number of hydrogen-bond acceptors (Lipinski definition) is 5. The predicted octanol–water partition coefficient (Wildman–Crippen LogP) is 3.97. The van der Waals surface area contributed by atoms with E-state index in [1.807, 2.05) is 31.2 Å². The highest BCUT2D eigenvalue weighted by atomic mass is 32.1. The Morgan fingerprint density at radius 1 is 1.31 bits per heavy atom. The molecule has 0 saturated heterocycles. The molecule has 8 heteroatoms. The predicted molar refractivity (Wildman–Crippen MR) is 131 cm³/mol. The van der Waals surface area contributed by atoms with Crippen LogP contribution < -0.4 is 25.4 Å². The normalized spacial score (nSPS) is 15.2. The number of primary amides is 1. The zero-order valence-electron chi connectivity index (χ0n) is 18.2. The summed E-state index contributed by atoms with van der Waals surface area (Å²) in [5, 5.41) is 4.19. The fraction of sp³-hybridized carbons (Fsp3) is 0.292. The van der Waals surface area contributed by atoms with Crippen LogP contribution in [0.15, 0.2) is 41.4 Å². The van der Waals surface area contributed by atoms with E-state index in [1.54, 1.807) is 12.1 Å². The second kappa shape index (κ2) is 9.00. The van der Waals surface area contributed by atoms with Gasteiger partial charge in [0.2, 0.25) is 0 Å². The molecule has 1 aliphatic heterocycles. The molecule has 1 heterocycles. The van der Waals surface area contributed by atoms with Crippen LogP contribution in [0.5, 0.6) is 11.5 Å². The summed E-state index contributed by atoms with van der Waals surface area (Å²) in [5.41, 5.74) is 9.19. The summed E-state index contributed by atoms with van der Waals surface area (Å²) in [7, 11) is 1.47. The minimum Gasteiger partial charge on any atom is -0.496 e. The van der Waals surface area contributed by atoms with Crippen LogP contribution in [0.25, 0.3) is 5.76 Å². The second-order valence-electron chi connectivity index (χ2n) is 7.76. The summed E-state index contributed by atoms with van der Waals surface area (Å²) in [6, 6.07) is 9.74. The summed E-state index contributed by atoms with van der Waals surface area (Å²) in [6.07, 6.45) is 5.07. The van der Waals surface area contributed by atoms with E-state index in [4.69, 9.17) is 27.4 Å². The van der Waals surface area contributed by atoms with Gasteiger partial charge in [-0.15, -0.1) is 0 Å². The number of nitrogens with zero attached hydrogens (tertiary/aromatic N) is 2. The molecule has 1 amide bonds. The first-order valence-electron chi connectivity index (χ1n) is 10.5. The number of aliphatic imine (C=N–C) groups is 1. The SMILES string of the molecule is C=Nc1cc(OC)c(C(N)=O)cc1/C(=C\C)Oc1ccc2c(c1)CCN2C(=S)NC1CC1. The summed E-state index contributed by atoms with van der Waals surface area (Å²) in [4.78, 5) is 18.1. The van der Waals surface area contributed by atoms with Crippen molar-refractivity contribution < 1.29 is 14.3 Å². The van der Waals surface area contributed by atoms with Crippen LogP contribution in [-0.2, 0) is 6.42 Å². The van der Waals surface area contributed by atoms with Gasteiger partial charge in [0.05, 0.1) is 18.4 Å². The number of methoxy groups -OCH3 is 1. The number of rotatable bonds is 7. The van der Waals surface area contributed by atoms with Crippen molar-refractivity contribution in [3.63, 3.8) is 0 Å². The summed E-state index contributed by atoms with van der Waals surface area (Å²) in [5.74, 6) is 0.972. The third-order valence-electron chi connectivity index (χ3n) is 5.61. The Balaban J connectivity index is 1.60. The zero-order chi connectivity index (χ0) is 22.8. The number of fused-ring (bicyclic) bond motifs is 1. The van der Waals surface area contributed by atoms with Gasteiger partial charge in [-0.3, -0.25) is 9.79 Å². The number of thiocarbonyl (C=S) groups is 1. The van der Waals surface area contributed by atoms with Crippen molar-refractivity contribution in [2.24, 2.45) is 10.7 Å². The Morgan fingerprint density at radius 3 is 2.72 bits per heavy atom. The highest BCUT2D eigenvalue weighted by Crippen LogP contribution is 2.37. The second-order valence-corrected chi connectivity index (χ2v) is 8.15. The average molecular weight is 451 g/mol. The number of hydrogen-bond donors (Lipinski definition) is 2. The molecular weight excluding hydrogens is 424 g/mol. The van der Waals surface area contributed by atoms with Crippen molar-refractivity contribution in [3.8, 4) is 11.5 Å². The number of anilines is 1. The third-order valence-corrected chi connectivity index (χ3v) is 5.94. The van der Waals surface area contributed by atoms with Gasteiger partial charge in [-0.05, 0) is 81.0 Å². The van der Waals surface area contributed by atoms with Gasteiger partial charge in [0, 0.05) is 29.9 Å². The molecule has 0 radical (unpaired) electrons. The molecule has 0 spiro atoms. The highest BCUT2D eigenvalue weighted by Gasteiger charge is 2.28. The Bertz CT molecular complexity index is 1120.